The summed E-state index contributed by atoms with van der Waals surface area (Å²) in [6.45, 7) is 4.60. The summed E-state index contributed by atoms with van der Waals surface area (Å²) in [6, 6.07) is 7.53. The Labute approximate surface area is 188 Å². The zero-order valence-corrected chi connectivity index (χ0v) is 19.1. The van der Waals surface area contributed by atoms with Crippen molar-refractivity contribution in [1.82, 2.24) is 24.9 Å². The second-order valence-corrected chi connectivity index (χ2v) is 7.73. The van der Waals surface area contributed by atoms with Gasteiger partial charge >= 0.3 is 0 Å². The topological polar surface area (TPSA) is 95.3 Å². The number of guanidine groups is 1. The maximum Gasteiger partial charge on any atom is 0.259 e. The van der Waals surface area contributed by atoms with Gasteiger partial charge in [-0.25, -0.2) is 4.99 Å². The average molecular weight is 442 g/mol. The van der Waals surface area contributed by atoms with Crippen LogP contribution in [-0.4, -0.2) is 84.2 Å². The van der Waals surface area contributed by atoms with Gasteiger partial charge in [0.25, 0.3) is 5.91 Å². The van der Waals surface area contributed by atoms with Crippen LogP contribution in [0.2, 0.25) is 0 Å². The molecule has 2 amide bonds. The third kappa shape index (κ3) is 5.99. The number of aliphatic imine (C=N–C) groups is 1. The Bertz CT molecular complexity index is 970. The van der Waals surface area contributed by atoms with Gasteiger partial charge in [-0.1, -0.05) is 12.1 Å². The van der Waals surface area contributed by atoms with E-state index in [-0.39, 0.29) is 25.0 Å². The number of ether oxygens (including phenoxy) is 1. The number of nitrogens with one attached hydrogen (secondary N) is 1. The predicted molar refractivity (Wildman–Crippen MR) is 123 cm³/mol. The molecule has 3 rings (SSSR count). The first-order valence-electron chi connectivity index (χ1n) is 10.6. The zero-order valence-electron chi connectivity index (χ0n) is 19.1. The molecule has 172 valence electrons. The number of rotatable bonds is 7. The van der Waals surface area contributed by atoms with Crippen molar-refractivity contribution in [3.8, 4) is 5.75 Å². The van der Waals surface area contributed by atoms with Crippen LogP contribution in [0.4, 0.5) is 5.69 Å². The molecule has 0 bridgehead atoms. The molecule has 10 nitrogen and oxygen atoms in total. The molecule has 2 heterocycles. The Kier molecular flexibility index (Phi) is 7.69. The number of benzene rings is 1. The fourth-order valence-electron chi connectivity index (χ4n) is 3.27. The van der Waals surface area contributed by atoms with Gasteiger partial charge in [-0.3, -0.25) is 14.3 Å². The summed E-state index contributed by atoms with van der Waals surface area (Å²) in [4.78, 5) is 34.4. The number of aryl methyl sites for hydroxylation is 1. The molecular formula is C22H31N7O3. The first kappa shape index (κ1) is 23.1. The lowest BCUT2D eigenvalue weighted by Gasteiger charge is -2.35. The van der Waals surface area contributed by atoms with Gasteiger partial charge in [-0.15, -0.1) is 0 Å². The average Bonchev–Trinajstić information content (AvgIpc) is 3.21. The molecule has 0 aliphatic carbocycles. The number of aromatic nitrogens is 2. The molecule has 1 aromatic carbocycles. The van der Waals surface area contributed by atoms with Crippen LogP contribution in [0.25, 0.3) is 0 Å². The second-order valence-electron chi connectivity index (χ2n) is 7.73. The number of piperazine rings is 1. The third-order valence-corrected chi connectivity index (χ3v) is 5.03. The van der Waals surface area contributed by atoms with Crippen LogP contribution in [0.3, 0.4) is 0 Å². The molecule has 0 atom stereocenters. The van der Waals surface area contributed by atoms with E-state index in [1.54, 1.807) is 29.9 Å². The lowest BCUT2D eigenvalue weighted by molar-refractivity contribution is -0.130. The highest BCUT2D eigenvalue weighted by Gasteiger charge is 2.27. The predicted octanol–water partition coefficient (Wildman–Crippen LogP) is 0.701. The second kappa shape index (κ2) is 10.7. The van der Waals surface area contributed by atoms with Crippen LogP contribution >= 0.6 is 0 Å². The van der Waals surface area contributed by atoms with Crippen LogP contribution < -0.4 is 15.0 Å². The fraction of sp³-hybridized carbons (Fsp3) is 0.455. The maximum absolute atomic E-state index is 12.7. The Morgan fingerprint density at radius 1 is 1.31 bits per heavy atom. The van der Waals surface area contributed by atoms with E-state index in [2.05, 4.69) is 10.4 Å². The lowest BCUT2D eigenvalue weighted by atomic mass is 10.2. The van der Waals surface area contributed by atoms with Gasteiger partial charge in [-0.05, 0) is 24.6 Å². The van der Waals surface area contributed by atoms with E-state index < -0.39 is 0 Å². The maximum atomic E-state index is 12.7. The molecule has 10 heteroatoms. The number of hydrogen-bond acceptors (Lipinski definition) is 5. The van der Waals surface area contributed by atoms with Crippen LogP contribution in [0.5, 0.6) is 5.75 Å². The van der Waals surface area contributed by atoms with Gasteiger partial charge in [0.15, 0.2) is 12.6 Å². The summed E-state index contributed by atoms with van der Waals surface area (Å²) < 4.78 is 7.28. The SMILES string of the molecule is CCNC(=NCc1cccc(OCC(=O)N(C)C)c1)N1CCN(c2cnn(C)c2)C(=O)C1. The monoisotopic (exact) mass is 441 g/mol. The van der Waals surface area contributed by atoms with Crippen molar-refractivity contribution >= 4 is 23.5 Å². The van der Waals surface area contributed by atoms with Gasteiger partial charge < -0.3 is 24.8 Å². The minimum atomic E-state index is -0.0991. The molecule has 1 aliphatic rings. The number of carbonyl (C=O) groups is 2. The van der Waals surface area contributed by atoms with Crippen LogP contribution in [0.15, 0.2) is 41.7 Å². The van der Waals surface area contributed by atoms with Crippen molar-refractivity contribution in [2.75, 3.05) is 51.8 Å². The van der Waals surface area contributed by atoms with Gasteiger partial charge in [-0.2, -0.15) is 5.10 Å². The Morgan fingerprint density at radius 2 is 2.12 bits per heavy atom. The van der Waals surface area contributed by atoms with Gasteiger partial charge in [0.05, 0.1) is 18.4 Å². The summed E-state index contributed by atoms with van der Waals surface area (Å²) >= 11 is 0. The van der Waals surface area contributed by atoms with Crippen LogP contribution in [0, 0.1) is 0 Å². The molecule has 0 unspecified atom stereocenters. The van der Waals surface area contributed by atoms with E-state index in [1.807, 2.05) is 49.3 Å². The molecule has 1 aromatic heterocycles. The number of hydrogen-bond donors (Lipinski definition) is 1. The van der Waals surface area contributed by atoms with Crippen molar-refractivity contribution < 1.29 is 14.3 Å². The quantitative estimate of drug-likeness (QED) is 0.502. The number of carbonyl (C=O) groups excluding carboxylic acids is 2. The van der Waals surface area contributed by atoms with Gasteiger partial charge in [0.2, 0.25) is 5.91 Å². The summed E-state index contributed by atoms with van der Waals surface area (Å²) in [7, 11) is 5.22. The lowest BCUT2D eigenvalue weighted by Crippen LogP contribution is -2.55. The Morgan fingerprint density at radius 3 is 2.78 bits per heavy atom. The van der Waals surface area contributed by atoms with E-state index in [4.69, 9.17) is 9.73 Å². The zero-order chi connectivity index (χ0) is 23.1. The van der Waals surface area contributed by atoms with Crippen molar-refractivity contribution in [1.29, 1.82) is 0 Å². The normalized spacial score (nSPS) is 14.5. The molecule has 1 aliphatic heterocycles. The molecule has 1 fully saturated rings. The summed E-state index contributed by atoms with van der Waals surface area (Å²) in [6.07, 6.45) is 3.54. The fourth-order valence-corrected chi connectivity index (χ4v) is 3.27. The summed E-state index contributed by atoms with van der Waals surface area (Å²) in [5, 5.41) is 7.43. The van der Waals surface area contributed by atoms with E-state index >= 15 is 0 Å². The number of likely N-dealkylation sites (N-methyl/N-ethyl adjacent to an activating group) is 1. The Hall–Kier alpha value is -3.56. The van der Waals surface area contributed by atoms with E-state index in [9.17, 15) is 9.59 Å². The van der Waals surface area contributed by atoms with Gasteiger partial charge in [0.1, 0.15) is 12.3 Å². The van der Waals surface area contributed by atoms with Crippen LogP contribution in [-0.2, 0) is 23.2 Å². The number of nitrogens with zero attached hydrogens (tertiary/aromatic N) is 6. The standard InChI is InChI=1S/C22H31N7O3/c1-5-23-22(28-9-10-29(20(30)15-28)18-13-25-27(4)14-18)24-12-17-7-6-8-19(11-17)32-16-21(31)26(2)3/h6-8,11,13-14H,5,9-10,12,15-16H2,1-4H3,(H,23,24). The summed E-state index contributed by atoms with van der Waals surface area (Å²) in [5.74, 6) is 1.23. The molecular weight excluding hydrogens is 410 g/mol. The van der Waals surface area contributed by atoms with E-state index in [0.29, 0.717) is 37.9 Å². The largest absolute Gasteiger partial charge is 0.484 e. The first-order chi connectivity index (χ1) is 15.4. The molecule has 1 N–H and O–H groups in total. The molecule has 0 saturated carbocycles. The minimum Gasteiger partial charge on any atom is -0.484 e. The van der Waals surface area contributed by atoms with Crippen LogP contribution in [0.1, 0.15) is 12.5 Å². The summed E-state index contributed by atoms with van der Waals surface area (Å²) in [5.41, 5.74) is 1.76. The van der Waals surface area contributed by atoms with E-state index in [0.717, 1.165) is 11.3 Å². The number of amides is 2. The molecule has 1 saturated heterocycles. The number of anilines is 1. The highest BCUT2D eigenvalue weighted by Crippen LogP contribution is 2.17. The third-order valence-electron chi connectivity index (χ3n) is 5.03. The van der Waals surface area contributed by atoms with Crippen molar-refractivity contribution in [3.05, 3.63) is 42.2 Å². The Balaban J connectivity index is 1.63. The van der Waals surface area contributed by atoms with Crippen molar-refractivity contribution in [2.45, 2.75) is 13.5 Å². The highest BCUT2D eigenvalue weighted by atomic mass is 16.5. The first-order valence-corrected chi connectivity index (χ1v) is 10.6. The molecule has 2 aromatic rings. The van der Waals surface area contributed by atoms with Crippen molar-refractivity contribution in [3.63, 3.8) is 0 Å². The molecule has 0 radical (unpaired) electrons. The molecule has 32 heavy (non-hydrogen) atoms. The molecule has 0 spiro atoms. The van der Waals surface area contributed by atoms with E-state index in [1.165, 1.54) is 4.90 Å². The minimum absolute atomic E-state index is 0.00825. The highest BCUT2D eigenvalue weighted by molar-refractivity contribution is 5.98. The van der Waals surface area contributed by atoms with Crippen molar-refractivity contribution in [2.24, 2.45) is 12.0 Å². The smallest absolute Gasteiger partial charge is 0.259 e. The van der Waals surface area contributed by atoms with Gasteiger partial charge in [0, 0.05) is 47.0 Å².